The first kappa shape index (κ1) is 17.1. The highest BCUT2D eigenvalue weighted by Gasteiger charge is 2.25. The van der Waals surface area contributed by atoms with Crippen LogP contribution in [0.5, 0.6) is 0 Å². The summed E-state index contributed by atoms with van der Waals surface area (Å²) in [5, 5.41) is 0. The largest absolute Gasteiger partial charge is 0.498 e. The van der Waals surface area contributed by atoms with Crippen LogP contribution in [0, 0.1) is 0 Å². The van der Waals surface area contributed by atoms with Gasteiger partial charge in [0, 0.05) is 6.08 Å². The van der Waals surface area contributed by atoms with Crippen LogP contribution >= 0.6 is 0 Å². The first-order chi connectivity index (χ1) is 10.2. The summed E-state index contributed by atoms with van der Waals surface area (Å²) in [5.74, 6) is 0.0871. The van der Waals surface area contributed by atoms with E-state index < -0.39 is 5.97 Å². The zero-order valence-electron chi connectivity index (χ0n) is 12.4. The van der Waals surface area contributed by atoms with Crippen LogP contribution in [0.2, 0.25) is 0 Å². The van der Waals surface area contributed by atoms with Gasteiger partial charge >= 0.3 is 5.97 Å². The van der Waals surface area contributed by atoms with Crippen LogP contribution in [0.4, 0.5) is 0 Å². The van der Waals surface area contributed by atoms with Gasteiger partial charge < -0.3 is 23.7 Å². The topological polar surface area (TPSA) is 63.2 Å². The maximum Gasteiger partial charge on any atom is 0.333 e. The lowest BCUT2D eigenvalue weighted by atomic mass is 10.2. The van der Waals surface area contributed by atoms with E-state index in [0.717, 1.165) is 12.8 Å². The fraction of sp³-hybridized carbons (Fsp3) is 0.533. The van der Waals surface area contributed by atoms with Crippen molar-refractivity contribution in [2.45, 2.75) is 25.0 Å². The van der Waals surface area contributed by atoms with Crippen LogP contribution in [0.25, 0.3) is 0 Å². The van der Waals surface area contributed by atoms with Gasteiger partial charge in [-0.1, -0.05) is 6.58 Å². The maximum atomic E-state index is 10.8. The minimum atomic E-state index is -0.446. The van der Waals surface area contributed by atoms with Crippen molar-refractivity contribution in [2.75, 3.05) is 27.4 Å². The van der Waals surface area contributed by atoms with Crippen molar-refractivity contribution in [3.05, 3.63) is 37.0 Å². The molecule has 1 rings (SSSR count). The molecule has 2 atom stereocenters. The SMILES string of the molecule is C=C(/C=C/OC[C@H]1CC[C@@H](CO/C=C/C(=O)OC)O1)OC. The Morgan fingerprint density at radius 2 is 1.67 bits per heavy atom. The average molecular weight is 298 g/mol. The highest BCUT2D eigenvalue weighted by molar-refractivity contribution is 5.81. The van der Waals surface area contributed by atoms with Crippen molar-refractivity contribution >= 4 is 5.97 Å². The minimum absolute atomic E-state index is 0.0128. The van der Waals surface area contributed by atoms with Gasteiger partial charge in [0.1, 0.15) is 19.0 Å². The predicted octanol–water partition coefficient (Wildman–Crippen LogP) is 1.93. The van der Waals surface area contributed by atoms with Crippen LogP contribution < -0.4 is 0 Å². The number of hydrogen-bond donors (Lipinski definition) is 0. The lowest BCUT2D eigenvalue weighted by molar-refractivity contribution is -0.135. The van der Waals surface area contributed by atoms with E-state index in [1.54, 1.807) is 13.2 Å². The second-order valence-corrected chi connectivity index (χ2v) is 4.42. The number of hydrogen-bond acceptors (Lipinski definition) is 6. The molecule has 1 saturated heterocycles. The van der Waals surface area contributed by atoms with Crippen molar-refractivity contribution in [1.29, 1.82) is 0 Å². The molecular formula is C15H22O6. The summed E-state index contributed by atoms with van der Waals surface area (Å²) >= 11 is 0. The van der Waals surface area contributed by atoms with Crippen molar-refractivity contribution in [1.82, 2.24) is 0 Å². The number of methoxy groups -OCH3 is 2. The number of ether oxygens (including phenoxy) is 5. The number of allylic oxidation sites excluding steroid dienone is 1. The molecule has 0 bridgehead atoms. The van der Waals surface area contributed by atoms with E-state index in [2.05, 4.69) is 11.3 Å². The van der Waals surface area contributed by atoms with Gasteiger partial charge in [-0.05, 0) is 12.8 Å². The van der Waals surface area contributed by atoms with Crippen LogP contribution in [0.3, 0.4) is 0 Å². The second kappa shape index (κ2) is 9.88. The van der Waals surface area contributed by atoms with Crippen LogP contribution in [-0.2, 0) is 28.5 Å². The molecule has 0 unspecified atom stereocenters. The Morgan fingerprint density at radius 3 is 2.19 bits per heavy atom. The maximum absolute atomic E-state index is 10.8. The standard InChI is InChI=1S/C15H22O6/c1-12(17-2)6-8-19-10-13-4-5-14(21-13)11-20-9-7-15(16)18-3/h6-9,13-14H,1,4-5,10-11H2,2-3H3/b8-6+,9-7+/t13-,14+/m1/s1. The number of esters is 1. The second-order valence-electron chi connectivity index (χ2n) is 4.42. The number of rotatable bonds is 9. The quantitative estimate of drug-likeness (QED) is 0.280. The van der Waals surface area contributed by atoms with E-state index in [1.807, 2.05) is 0 Å². The van der Waals surface area contributed by atoms with Gasteiger partial charge in [-0.3, -0.25) is 0 Å². The molecule has 6 heteroatoms. The molecule has 1 heterocycles. The third-order valence-corrected chi connectivity index (χ3v) is 2.87. The molecule has 0 radical (unpaired) electrons. The molecule has 0 aromatic carbocycles. The Hall–Kier alpha value is -1.95. The predicted molar refractivity (Wildman–Crippen MR) is 76.2 cm³/mol. The molecule has 1 aliphatic rings. The molecule has 1 fully saturated rings. The summed E-state index contributed by atoms with van der Waals surface area (Å²) in [7, 11) is 2.86. The summed E-state index contributed by atoms with van der Waals surface area (Å²) in [6.45, 7) is 4.52. The molecule has 0 aromatic heterocycles. The van der Waals surface area contributed by atoms with E-state index in [0.29, 0.717) is 19.0 Å². The highest BCUT2D eigenvalue weighted by atomic mass is 16.6. The van der Waals surface area contributed by atoms with Gasteiger partial charge in [0.2, 0.25) is 0 Å². The zero-order valence-corrected chi connectivity index (χ0v) is 12.4. The summed E-state index contributed by atoms with van der Waals surface area (Å²) in [4.78, 5) is 10.8. The van der Waals surface area contributed by atoms with Crippen LogP contribution in [-0.4, -0.2) is 45.6 Å². The van der Waals surface area contributed by atoms with E-state index in [4.69, 9.17) is 18.9 Å². The molecule has 0 aromatic rings. The fourth-order valence-corrected chi connectivity index (χ4v) is 1.71. The van der Waals surface area contributed by atoms with Gasteiger partial charge in [-0.25, -0.2) is 4.79 Å². The van der Waals surface area contributed by atoms with Crippen LogP contribution in [0.1, 0.15) is 12.8 Å². The molecule has 21 heavy (non-hydrogen) atoms. The minimum Gasteiger partial charge on any atom is -0.498 e. The molecule has 6 nitrogen and oxygen atoms in total. The molecule has 0 spiro atoms. The summed E-state index contributed by atoms with van der Waals surface area (Å²) in [5.41, 5.74) is 0. The number of carbonyl (C=O) groups is 1. The lowest BCUT2D eigenvalue weighted by Crippen LogP contribution is -2.18. The Labute approximate surface area is 125 Å². The molecule has 118 valence electrons. The Balaban J connectivity index is 2.12. The average Bonchev–Trinajstić information content (AvgIpc) is 2.95. The Bertz CT molecular complexity index is 352. The van der Waals surface area contributed by atoms with Gasteiger partial charge in [0.25, 0.3) is 0 Å². The fourth-order valence-electron chi connectivity index (χ4n) is 1.71. The third-order valence-electron chi connectivity index (χ3n) is 2.87. The molecule has 0 saturated carbocycles. The summed E-state index contributed by atoms with van der Waals surface area (Å²) in [6, 6.07) is 0. The Kier molecular flexibility index (Phi) is 8.04. The van der Waals surface area contributed by atoms with E-state index in [1.165, 1.54) is 25.7 Å². The highest BCUT2D eigenvalue weighted by Crippen LogP contribution is 2.20. The lowest BCUT2D eigenvalue weighted by Gasteiger charge is -2.12. The summed E-state index contributed by atoms with van der Waals surface area (Å²) < 4.78 is 25.6. The number of carbonyl (C=O) groups excluding carboxylic acids is 1. The smallest absolute Gasteiger partial charge is 0.333 e. The molecule has 1 aliphatic heterocycles. The van der Waals surface area contributed by atoms with Gasteiger partial charge in [0.15, 0.2) is 0 Å². The van der Waals surface area contributed by atoms with Crippen molar-refractivity contribution in [2.24, 2.45) is 0 Å². The van der Waals surface area contributed by atoms with Gasteiger partial charge in [-0.15, -0.1) is 0 Å². The van der Waals surface area contributed by atoms with E-state index in [-0.39, 0.29) is 12.2 Å². The Morgan fingerprint density at radius 1 is 1.10 bits per heavy atom. The molecular weight excluding hydrogens is 276 g/mol. The monoisotopic (exact) mass is 298 g/mol. The van der Waals surface area contributed by atoms with Crippen LogP contribution in [0.15, 0.2) is 37.0 Å². The normalized spacial score (nSPS) is 21.6. The molecule has 0 aliphatic carbocycles. The van der Waals surface area contributed by atoms with Crippen molar-refractivity contribution < 1.29 is 28.5 Å². The first-order valence-corrected chi connectivity index (χ1v) is 6.68. The molecule has 0 amide bonds. The molecule has 0 N–H and O–H groups in total. The summed E-state index contributed by atoms with van der Waals surface area (Å²) in [6.07, 6.45) is 7.59. The van der Waals surface area contributed by atoms with Crippen molar-refractivity contribution in [3.63, 3.8) is 0 Å². The first-order valence-electron chi connectivity index (χ1n) is 6.68. The zero-order chi connectivity index (χ0) is 15.5. The van der Waals surface area contributed by atoms with E-state index in [9.17, 15) is 4.79 Å². The van der Waals surface area contributed by atoms with Gasteiger partial charge in [-0.2, -0.15) is 0 Å². The van der Waals surface area contributed by atoms with Gasteiger partial charge in [0.05, 0.1) is 45.0 Å². The third kappa shape index (κ3) is 7.41. The van der Waals surface area contributed by atoms with Crippen molar-refractivity contribution in [3.8, 4) is 0 Å². The van der Waals surface area contributed by atoms with E-state index >= 15 is 0 Å².